The highest BCUT2D eigenvalue weighted by atomic mass is 32.2. The SMILES string of the molecule is N#Cc1cccc(NC(=O)CCCN2CCS(=O)CC2)c1. The van der Waals surface area contributed by atoms with Gasteiger partial charge in [-0.05, 0) is 31.2 Å². The van der Waals surface area contributed by atoms with Crippen LogP contribution in [0.15, 0.2) is 24.3 Å². The molecule has 1 N–H and O–H groups in total. The number of carbonyl (C=O) groups excluding carboxylic acids is 1. The van der Waals surface area contributed by atoms with Crippen LogP contribution >= 0.6 is 0 Å². The summed E-state index contributed by atoms with van der Waals surface area (Å²) < 4.78 is 11.2. The van der Waals surface area contributed by atoms with Crippen LogP contribution in [0.2, 0.25) is 0 Å². The van der Waals surface area contributed by atoms with Gasteiger partial charge in [-0.25, -0.2) is 0 Å². The molecule has 1 aliphatic rings. The Bertz CT molecular complexity index is 558. The number of benzene rings is 1. The normalized spacial score (nSPS) is 16.3. The summed E-state index contributed by atoms with van der Waals surface area (Å²) in [7, 11) is -0.652. The zero-order valence-electron chi connectivity index (χ0n) is 11.9. The molecule has 21 heavy (non-hydrogen) atoms. The van der Waals surface area contributed by atoms with Crippen LogP contribution in [0, 0.1) is 11.3 Å². The van der Waals surface area contributed by atoms with E-state index in [4.69, 9.17) is 5.26 Å². The highest BCUT2D eigenvalue weighted by Gasteiger charge is 2.14. The summed E-state index contributed by atoms with van der Waals surface area (Å²) in [5.41, 5.74) is 1.20. The summed E-state index contributed by atoms with van der Waals surface area (Å²) in [5, 5.41) is 11.6. The summed E-state index contributed by atoms with van der Waals surface area (Å²) in [5.74, 6) is 1.45. The van der Waals surface area contributed by atoms with Gasteiger partial charge >= 0.3 is 0 Å². The van der Waals surface area contributed by atoms with Crippen molar-refractivity contribution in [2.24, 2.45) is 0 Å². The first kappa shape index (κ1) is 15.7. The highest BCUT2D eigenvalue weighted by molar-refractivity contribution is 7.85. The van der Waals surface area contributed by atoms with E-state index in [1.54, 1.807) is 24.3 Å². The number of anilines is 1. The van der Waals surface area contributed by atoms with Gasteiger partial charge in [0.15, 0.2) is 0 Å². The topological polar surface area (TPSA) is 73.2 Å². The van der Waals surface area contributed by atoms with Crippen molar-refractivity contribution in [2.45, 2.75) is 12.8 Å². The van der Waals surface area contributed by atoms with E-state index in [0.29, 0.717) is 17.7 Å². The molecule has 1 amide bonds. The molecule has 0 atom stereocenters. The number of hydrogen-bond donors (Lipinski definition) is 1. The minimum atomic E-state index is -0.652. The third-order valence-electron chi connectivity index (χ3n) is 3.42. The van der Waals surface area contributed by atoms with Gasteiger partial charge in [-0.1, -0.05) is 6.07 Å². The van der Waals surface area contributed by atoms with Gasteiger partial charge in [0, 0.05) is 47.5 Å². The Morgan fingerprint density at radius 2 is 2.14 bits per heavy atom. The molecule has 1 aromatic rings. The van der Waals surface area contributed by atoms with Crippen molar-refractivity contribution in [1.82, 2.24) is 4.90 Å². The molecular formula is C15H19N3O2S. The van der Waals surface area contributed by atoms with Crippen molar-refractivity contribution in [1.29, 1.82) is 5.26 Å². The predicted molar refractivity (Wildman–Crippen MR) is 83.3 cm³/mol. The molecule has 1 saturated heterocycles. The molecule has 0 unspecified atom stereocenters. The molecule has 1 aliphatic heterocycles. The van der Waals surface area contributed by atoms with Crippen molar-refractivity contribution in [3.05, 3.63) is 29.8 Å². The second-order valence-corrected chi connectivity index (χ2v) is 6.73. The highest BCUT2D eigenvalue weighted by Crippen LogP contribution is 2.10. The lowest BCUT2D eigenvalue weighted by atomic mass is 10.2. The van der Waals surface area contributed by atoms with E-state index in [2.05, 4.69) is 10.2 Å². The van der Waals surface area contributed by atoms with Gasteiger partial charge in [-0.2, -0.15) is 5.26 Å². The summed E-state index contributed by atoms with van der Waals surface area (Å²) in [6.07, 6.45) is 1.24. The number of nitrogens with one attached hydrogen (secondary N) is 1. The van der Waals surface area contributed by atoms with E-state index >= 15 is 0 Å². The van der Waals surface area contributed by atoms with Crippen LogP contribution in [0.4, 0.5) is 5.69 Å². The molecule has 112 valence electrons. The maximum absolute atomic E-state index is 11.8. The second-order valence-electron chi connectivity index (χ2n) is 5.03. The summed E-state index contributed by atoms with van der Waals surface area (Å²) in [6.45, 7) is 2.58. The number of amides is 1. The molecule has 2 rings (SSSR count). The van der Waals surface area contributed by atoms with Crippen LogP contribution < -0.4 is 5.32 Å². The maximum atomic E-state index is 11.8. The van der Waals surface area contributed by atoms with Gasteiger partial charge in [0.05, 0.1) is 11.6 Å². The molecule has 0 saturated carbocycles. The van der Waals surface area contributed by atoms with Crippen molar-refractivity contribution >= 4 is 22.4 Å². The Balaban J connectivity index is 1.70. The number of rotatable bonds is 5. The first-order chi connectivity index (χ1) is 10.2. The lowest BCUT2D eigenvalue weighted by molar-refractivity contribution is -0.116. The summed E-state index contributed by atoms with van der Waals surface area (Å²) in [4.78, 5) is 14.1. The first-order valence-corrected chi connectivity index (χ1v) is 8.53. The van der Waals surface area contributed by atoms with Crippen molar-refractivity contribution in [2.75, 3.05) is 36.5 Å². The molecule has 0 radical (unpaired) electrons. The molecule has 0 bridgehead atoms. The average Bonchev–Trinajstić information content (AvgIpc) is 2.49. The van der Waals surface area contributed by atoms with Gasteiger partial charge in [0.25, 0.3) is 0 Å². The maximum Gasteiger partial charge on any atom is 0.224 e. The van der Waals surface area contributed by atoms with Crippen LogP contribution in [0.5, 0.6) is 0 Å². The van der Waals surface area contributed by atoms with E-state index in [-0.39, 0.29) is 5.91 Å². The zero-order chi connectivity index (χ0) is 15.1. The molecule has 1 aromatic carbocycles. The quantitative estimate of drug-likeness (QED) is 0.891. The molecule has 5 nitrogen and oxygen atoms in total. The van der Waals surface area contributed by atoms with E-state index in [1.165, 1.54) is 0 Å². The van der Waals surface area contributed by atoms with Crippen molar-refractivity contribution < 1.29 is 9.00 Å². The Kier molecular flexibility index (Phi) is 5.90. The molecule has 0 aromatic heterocycles. The van der Waals surface area contributed by atoms with Gasteiger partial charge in [-0.15, -0.1) is 0 Å². The molecule has 1 fully saturated rings. The largest absolute Gasteiger partial charge is 0.326 e. The third-order valence-corrected chi connectivity index (χ3v) is 4.70. The Labute approximate surface area is 127 Å². The number of nitrogens with zero attached hydrogens (tertiary/aromatic N) is 2. The van der Waals surface area contributed by atoms with E-state index in [9.17, 15) is 9.00 Å². The van der Waals surface area contributed by atoms with E-state index in [1.807, 2.05) is 6.07 Å². The fraction of sp³-hybridized carbons (Fsp3) is 0.467. The average molecular weight is 305 g/mol. The fourth-order valence-electron chi connectivity index (χ4n) is 2.25. The van der Waals surface area contributed by atoms with Crippen molar-refractivity contribution in [3.63, 3.8) is 0 Å². The lowest BCUT2D eigenvalue weighted by Gasteiger charge is -2.25. The lowest BCUT2D eigenvalue weighted by Crippen LogP contribution is -2.38. The van der Waals surface area contributed by atoms with Gasteiger partial charge in [0.2, 0.25) is 5.91 Å². The summed E-state index contributed by atoms with van der Waals surface area (Å²) >= 11 is 0. The van der Waals surface area contributed by atoms with Gasteiger partial charge in [0.1, 0.15) is 0 Å². The van der Waals surface area contributed by atoms with Crippen LogP contribution in [0.3, 0.4) is 0 Å². The predicted octanol–water partition coefficient (Wildman–Crippen LogP) is 1.34. The second kappa shape index (κ2) is 7.91. The number of carbonyl (C=O) groups is 1. The Hall–Kier alpha value is -1.71. The molecular weight excluding hydrogens is 286 g/mol. The van der Waals surface area contributed by atoms with Crippen molar-refractivity contribution in [3.8, 4) is 6.07 Å². The molecule has 1 heterocycles. The summed E-state index contributed by atoms with van der Waals surface area (Å²) in [6, 6.07) is 8.94. The minimum absolute atomic E-state index is 0.0364. The smallest absolute Gasteiger partial charge is 0.224 e. The Morgan fingerprint density at radius 1 is 1.38 bits per heavy atom. The number of hydrogen-bond acceptors (Lipinski definition) is 4. The Morgan fingerprint density at radius 3 is 2.86 bits per heavy atom. The monoisotopic (exact) mass is 305 g/mol. The number of nitriles is 1. The molecule has 6 heteroatoms. The van der Waals surface area contributed by atoms with Gasteiger partial charge < -0.3 is 10.2 Å². The fourth-order valence-corrected chi connectivity index (χ4v) is 3.38. The minimum Gasteiger partial charge on any atom is -0.326 e. The van der Waals surface area contributed by atoms with Gasteiger partial charge in [-0.3, -0.25) is 9.00 Å². The van der Waals surface area contributed by atoms with Crippen LogP contribution in [0.1, 0.15) is 18.4 Å². The van der Waals surface area contributed by atoms with Crippen LogP contribution in [-0.2, 0) is 15.6 Å². The van der Waals surface area contributed by atoms with E-state index in [0.717, 1.165) is 37.6 Å². The standard InChI is InChI=1S/C15H19N3O2S/c16-12-13-3-1-4-14(11-13)17-15(19)5-2-6-18-7-9-21(20)10-8-18/h1,3-4,11H,2,5-10H2,(H,17,19). The molecule has 0 spiro atoms. The first-order valence-electron chi connectivity index (χ1n) is 7.05. The third kappa shape index (κ3) is 5.29. The van der Waals surface area contributed by atoms with Crippen LogP contribution in [0.25, 0.3) is 0 Å². The van der Waals surface area contributed by atoms with E-state index < -0.39 is 10.8 Å². The van der Waals surface area contributed by atoms with Crippen LogP contribution in [-0.4, -0.2) is 46.2 Å². The zero-order valence-corrected chi connectivity index (χ0v) is 12.7. The molecule has 0 aliphatic carbocycles.